The second-order valence-corrected chi connectivity index (χ2v) is 6.33. The molecule has 0 saturated carbocycles. The highest BCUT2D eigenvalue weighted by Gasteiger charge is 2.42. The van der Waals surface area contributed by atoms with Crippen molar-refractivity contribution in [3.8, 4) is 0 Å². The van der Waals surface area contributed by atoms with Crippen molar-refractivity contribution in [2.75, 3.05) is 19.8 Å². The molecule has 2 unspecified atom stereocenters. The number of carbonyl (C=O) groups is 3. The van der Waals surface area contributed by atoms with Crippen molar-refractivity contribution in [3.63, 3.8) is 0 Å². The van der Waals surface area contributed by atoms with Crippen molar-refractivity contribution in [2.24, 2.45) is 11.8 Å². The van der Waals surface area contributed by atoms with Gasteiger partial charge in [0, 0.05) is 12.5 Å². The molecule has 8 heteroatoms. The van der Waals surface area contributed by atoms with Crippen LogP contribution in [0.2, 0.25) is 0 Å². The minimum atomic E-state index is -1.61. The zero-order chi connectivity index (χ0) is 17.1. The van der Waals surface area contributed by atoms with Crippen LogP contribution in [0.25, 0.3) is 0 Å². The minimum absolute atomic E-state index is 0.0808. The van der Waals surface area contributed by atoms with Gasteiger partial charge in [-0.05, 0) is 20.8 Å². The number of carboxylic acid groups (broad SMARTS) is 2. The Labute approximate surface area is 129 Å². The number of hydrogen-bond acceptors (Lipinski definition) is 5. The van der Waals surface area contributed by atoms with Crippen molar-refractivity contribution in [3.05, 3.63) is 0 Å². The summed E-state index contributed by atoms with van der Waals surface area (Å²) in [4.78, 5) is 36.0. The van der Waals surface area contributed by atoms with Gasteiger partial charge in [0.25, 0.3) is 0 Å². The monoisotopic (exact) mass is 317 g/mol. The van der Waals surface area contributed by atoms with Crippen LogP contribution < -0.4 is 0 Å². The lowest BCUT2D eigenvalue weighted by Gasteiger charge is -2.40. The lowest BCUT2D eigenvalue weighted by Crippen LogP contribution is -2.55. The largest absolute Gasteiger partial charge is 0.481 e. The molecule has 2 N–H and O–H groups in total. The summed E-state index contributed by atoms with van der Waals surface area (Å²) >= 11 is 0. The number of morpholine rings is 1. The summed E-state index contributed by atoms with van der Waals surface area (Å²) in [6.45, 7) is 7.27. The van der Waals surface area contributed by atoms with E-state index in [4.69, 9.17) is 19.7 Å². The molecule has 1 fully saturated rings. The van der Waals surface area contributed by atoms with Gasteiger partial charge >= 0.3 is 18.0 Å². The molecule has 1 aliphatic heterocycles. The highest BCUT2D eigenvalue weighted by molar-refractivity contribution is 5.93. The van der Waals surface area contributed by atoms with Gasteiger partial charge in [-0.25, -0.2) is 4.79 Å². The minimum Gasteiger partial charge on any atom is -0.481 e. The summed E-state index contributed by atoms with van der Waals surface area (Å²) in [5.41, 5.74) is -0.692. The van der Waals surface area contributed by atoms with E-state index in [9.17, 15) is 14.4 Å². The molecule has 1 heterocycles. The first-order chi connectivity index (χ1) is 10.0. The average Bonchev–Trinajstić information content (AvgIpc) is 2.35. The number of nitrogens with zero attached hydrogens (tertiary/aromatic N) is 1. The molecule has 1 aliphatic rings. The lowest BCUT2D eigenvalue weighted by atomic mass is 9.86. The molecule has 1 amide bonds. The summed E-state index contributed by atoms with van der Waals surface area (Å²) in [5.74, 6) is -5.30. The zero-order valence-corrected chi connectivity index (χ0v) is 13.2. The maximum atomic E-state index is 12.2. The van der Waals surface area contributed by atoms with Gasteiger partial charge in [-0.15, -0.1) is 0 Å². The molecule has 22 heavy (non-hydrogen) atoms. The molecule has 1 saturated heterocycles. The average molecular weight is 317 g/mol. The van der Waals surface area contributed by atoms with Crippen molar-refractivity contribution in [2.45, 2.75) is 39.3 Å². The number of hydrogen-bond donors (Lipinski definition) is 2. The van der Waals surface area contributed by atoms with E-state index in [-0.39, 0.29) is 13.2 Å². The first-order valence-electron chi connectivity index (χ1n) is 7.07. The summed E-state index contributed by atoms with van der Waals surface area (Å²) in [6.07, 6.45) is -0.595. The Morgan fingerprint density at radius 1 is 1.23 bits per heavy atom. The van der Waals surface area contributed by atoms with Crippen LogP contribution in [0.4, 0.5) is 4.79 Å². The number of carboxylic acids is 2. The Balaban J connectivity index is 2.95. The van der Waals surface area contributed by atoms with Crippen molar-refractivity contribution in [1.29, 1.82) is 0 Å². The fourth-order valence-electron chi connectivity index (χ4n) is 2.38. The molecule has 0 aromatic carbocycles. The number of carbonyl (C=O) groups excluding carboxylic acids is 1. The van der Waals surface area contributed by atoms with Crippen LogP contribution in [-0.4, -0.2) is 64.5 Å². The molecular formula is C14H23NO7. The Bertz CT molecular complexity index is 429. The fourth-order valence-corrected chi connectivity index (χ4v) is 2.38. The molecule has 8 nitrogen and oxygen atoms in total. The Kier molecular flexibility index (Phi) is 5.76. The molecule has 0 aliphatic carbocycles. The van der Waals surface area contributed by atoms with Gasteiger partial charge in [0.15, 0.2) is 5.92 Å². The van der Waals surface area contributed by atoms with Crippen LogP contribution in [0.1, 0.15) is 27.7 Å². The number of rotatable bonds is 4. The van der Waals surface area contributed by atoms with E-state index in [1.807, 2.05) is 0 Å². The highest BCUT2D eigenvalue weighted by Crippen LogP contribution is 2.25. The van der Waals surface area contributed by atoms with E-state index >= 15 is 0 Å². The Hall–Kier alpha value is -1.83. The second kappa shape index (κ2) is 6.95. The Morgan fingerprint density at radius 2 is 1.77 bits per heavy atom. The third-order valence-electron chi connectivity index (χ3n) is 3.46. The van der Waals surface area contributed by atoms with Gasteiger partial charge in [-0.1, -0.05) is 6.92 Å². The van der Waals surface area contributed by atoms with E-state index in [1.54, 1.807) is 20.8 Å². The predicted molar refractivity (Wildman–Crippen MR) is 75.5 cm³/mol. The predicted octanol–water partition coefficient (Wildman–Crippen LogP) is 1.04. The second-order valence-electron chi connectivity index (χ2n) is 6.33. The maximum absolute atomic E-state index is 12.2. The van der Waals surface area contributed by atoms with Crippen LogP contribution in [-0.2, 0) is 19.1 Å². The van der Waals surface area contributed by atoms with Crippen LogP contribution in [0, 0.1) is 11.8 Å². The molecule has 126 valence electrons. The van der Waals surface area contributed by atoms with Crippen molar-refractivity contribution < 1.29 is 34.1 Å². The van der Waals surface area contributed by atoms with Crippen LogP contribution in [0.15, 0.2) is 0 Å². The standard InChI is InChI=1S/C14H23NO7/c1-8(10(11(16)17)12(18)19)9-7-21-6-5-15(9)13(20)22-14(2,3)4/h8-10H,5-7H2,1-4H3,(H,16,17)(H,18,19). The smallest absolute Gasteiger partial charge is 0.410 e. The molecule has 0 aromatic heterocycles. The summed E-state index contributed by atoms with van der Waals surface area (Å²) in [5, 5.41) is 18.2. The summed E-state index contributed by atoms with van der Waals surface area (Å²) < 4.78 is 10.6. The van der Waals surface area contributed by atoms with Crippen molar-refractivity contribution in [1.82, 2.24) is 4.90 Å². The molecule has 0 bridgehead atoms. The first-order valence-corrected chi connectivity index (χ1v) is 7.07. The summed E-state index contributed by atoms with van der Waals surface area (Å²) in [7, 11) is 0. The maximum Gasteiger partial charge on any atom is 0.410 e. The Morgan fingerprint density at radius 3 is 2.23 bits per heavy atom. The normalized spacial score (nSPS) is 20.6. The van der Waals surface area contributed by atoms with E-state index in [0.29, 0.717) is 6.61 Å². The molecule has 2 atom stereocenters. The molecular weight excluding hydrogens is 294 g/mol. The number of amides is 1. The summed E-state index contributed by atoms with van der Waals surface area (Å²) in [6, 6.07) is -0.666. The molecule has 0 radical (unpaired) electrons. The number of ether oxygens (including phenoxy) is 2. The third-order valence-corrected chi connectivity index (χ3v) is 3.46. The number of aliphatic carboxylic acids is 2. The third kappa shape index (κ3) is 4.59. The molecule has 1 rings (SSSR count). The fraction of sp³-hybridized carbons (Fsp3) is 0.786. The van der Waals surface area contributed by atoms with E-state index in [0.717, 1.165) is 0 Å². The van der Waals surface area contributed by atoms with Gasteiger partial charge in [0.2, 0.25) is 0 Å². The highest BCUT2D eigenvalue weighted by atomic mass is 16.6. The lowest BCUT2D eigenvalue weighted by molar-refractivity contribution is -0.159. The van der Waals surface area contributed by atoms with Crippen LogP contribution in [0.5, 0.6) is 0 Å². The first kappa shape index (κ1) is 18.2. The van der Waals surface area contributed by atoms with E-state index in [1.165, 1.54) is 11.8 Å². The van der Waals surface area contributed by atoms with Crippen LogP contribution in [0.3, 0.4) is 0 Å². The van der Waals surface area contributed by atoms with E-state index in [2.05, 4.69) is 0 Å². The van der Waals surface area contributed by atoms with E-state index < -0.39 is 41.5 Å². The van der Waals surface area contributed by atoms with Gasteiger partial charge in [0.05, 0.1) is 19.3 Å². The zero-order valence-electron chi connectivity index (χ0n) is 13.2. The topological polar surface area (TPSA) is 113 Å². The van der Waals surface area contributed by atoms with Gasteiger partial charge in [-0.2, -0.15) is 0 Å². The van der Waals surface area contributed by atoms with Crippen molar-refractivity contribution >= 4 is 18.0 Å². The van der Waals surface area contributed by atoms with Gasteiger partial charge in [-0.3, -0.25) is 9.59 Å². The quantitative estimate of drug-likeness (QED) is 0.745. The molecule has 0 spiro atoms. The van der Waals surface area contributed by atoms with Crippen LogP contribution >= 0.6 is 0 Å². The van der Waals surface area contributed by atoms with Gasteiger partial charge in [0.1, 0.15) is 5.60 Å². The van der Waals surface area contributed by atoms with Gasteiger partial charge < -0.3 is 24.6 Å². The molecule has 0 aromatic rings. The SMILES string of the molecule is CC(C(C(=O)O)C(=O)O)C1COCCN1C(=O)OC(C)(C)C.